The van der Waals surface area contributed by atoms with Crippen molar-refractivity contribution in [3.63, 3.8) is 0 Å². The number of alkyl halides is 1. The Morgan fingerprint density at radius 2 is 2.36 bits per heavy atom. The van der Waals surface area contributed by atoms with E-state index in [0.29, 0.717) is 6.42 Å². The summed E-state index contributed by atoms with van der Waals surface area (Å²) in [4.78, 5) is 10.9. The minimum atomic E-state index is -1.76. The first-order valence-corrected chi connectivity index (χ1v) is 3.61. The van der Waals surface area contributed by atoms with Crippen molar-refractivity contribution in [2.75, 3.05) is 7.11 Å². The Labute approximate surface area is 65.0 Å². The van der Waals surface area contributed by atoms with Crippen LogP contribution >= 0.6 is 0 Å². The maximum atomic E-state index is 13.4. The van der Waals surface area contributed by atoms with E-state index in [2.05, 4.69) is 4.74 Å². The van der Waals surface area contributed by atoms with Crippen LogP contribution in [0, 0.1) is 0 Å². The Balaban J connectivity index is 2.66. The molecule has 0 bridgehead atoms. The van der Waals surface area contributed by atoms with Gasteiger partial charge in [-0.05, 0) is 12.8 Å². The maximum Gasteiger partial charge on any atom is 0.343 e. The Kier molecular flexibility index (Phi) is 2.27. The lowest BCUT2D eigenvalue weighted by atomic mass is 9.91. The van der Waals surface area contributed by atoms with E-state index in [-0.39, 0.29) is 12.8 Å². The van der Waals surface area contributed by atoms with Gasteiger partial charge in [-0.1, -0.05) is 12.2 Å². The first-order chi connectivity index (χ1) is 5.19. The third-order valence-corrected chi connectivity index (χ3v) is 1.87. The van der Waals surface area contributed by atoms with Gasteiger partial charge in [0.15, 0.2) is 0 Å². The summed E-state index contributed by atoms with van der Waals surface area (Å²) in [6.45, 7) is 0. The summed E-state index contributed by atoms with van der Waals surface area (Å²) in [5.74, 6) is -0.748. The first kappa shape index (κ1) is 8.24. The second kappa shape index (κ2) is 3.03. The molecule has 0 N–H and O–H groups in total. The van der Waals surface area contributed by atoms with Crippen LogP contribution in [0.3, 0.4) is 0 Å². The summed E-state index contributed by atoms with van der Waals surface area (Å²) in [7, 11) is 1.21. The number of carbonyl (C=O) groups excluding carboxylic acids is 1. The molecule has 62 valence electrons. The predicted molar refractivity (Wildman–Crippen MR) is 38.8 cm³/mol. The fourth-order valence-corrected chi connectivity index (χ4v) is 1.17. The van der Waals surface area contributed by atoms with Gasteiger partial charge in [-0.25, -0.2) is 9.18 Å². The van der Waals surface area contributed by atoms with E-state index in [1.807, 2.05) is 6.08 Å². The number of carbonyl (C=O) groups is 1. The van der Waals surface area contributed by atoms with Gasteiger partial charge in [0.2, 0.25) is 5.67 Å². The highest BCUT2D eigenvalue weighted by molar-refractivity contribution is 5.79. The number of rotatable bonds is 1. The molecule has 0 spiro atoms. The van der Waals surface area contributed by atoms with E-state index in [1.165, 1.54) is 7.11 Å². The van der Waals surface area contributed by atoms with Gasteiger partial charge in [-0.3, -0.25) is 0 Å². The van der Waals surface area contributed by atoms with Crippen LogP contribution in [0.5, 0.6) is 0 Å². The lowest BCUT2D eigenvalue weighted by Crippen LogP contribution is -2.35. The molecule has 0 aromatic rings. The smallest absolute Gasteiger partial charge is 0.343 e. The summed E-state index contributed by atoms with van der Waals surface area (Å²) in [5, 5.41) is 0. The quantitative estimate of drug-likeness (QED) is 0.428. The Hall–Kier alpha value is -0.860. The molecule has 1 unspecified atom stereocenters. The molecule has 0 fully saturated rings. The van der Waals surface area contributed by atoms with E-state index in [1.54, 1.807) is 6.08 Å². The normalized spacial score (nSPS) is 30.0. The SMILES string of the molecule is COC(=O)C1(F)CC=CCC1. The lowest BCUT2D eigenvalue weighted by molar-refractivity contribution is -0.155. The van der Waals surface area contributed by atoms with Crippen LogP contribution in [0.1, 0.15) is 19.3 Å². The van der Waals surface area contributed by atoms with E-state index < -0.39 is 11.6 Å². The summed E-state index contributed by atoms with van der Waals surface area (Å²) >= 11 is 0. The third kappa shape index (κ3) is 1.59. The molecular formula is C8H11FO2. The fourth-order valence-electron chi connectivity index (χ4n) is 1.17. The second-order valence-corrected chi connectivity index (χ2v) is 2.67. The van der Waals surface area contributed by atoms with Gasteiger partial charge >= 0.3 is 5.97 Å². The maximum absolute atomic E-state index is 13.4. The molecule has 1 aliphatic rings. The standard InChI is InChI=1S/C8H11FO2/c1-11-7(10)8(9)5-3-2-4-6-8/h2-3H,4-6H2,1H3. The van der Waals surface area contributed by atoms with Crippen LogP contribution in [0.4, 0.5) is 4.39 Å². The van der Waals surface area contributed by atoms with Crippen LogP contribution in [0.25, 0.3) is 0 Å². The largest absolute Gasteiger partial charge is 0.467 e. The molecule has 1 aliphatic carbocycles. The van der Waals surface area contributed by atoms with Crippen molar-refractivity contribution in [2.24, 2.45) is 0 Å². The second-order valence-electron chi connectivity index (χ2n) is 2.67. The molecule has 2 nitrogen and oxygen atoms in total. The van der Waals surface area contributed by atoms with Crippen molar-refractivity contribution in [3.05, 3.63) is 12.2 Å². The third-order valence-electron chi connectivity index (χ3n) is 1.87. The van der Waals surface area contributed by atoms with E-state index in [9.17, 15) is 9.18 Å². The minimum Gasteiger partial charge on any atom is -0.467 e. The minimum absolute atomic E-state index is 0.152. The van der Waals surface area contributed by atoms with Gasteiger partial charge in [-0.2, -0.15) is 0 Å². The highest BCUT2D eigenvalue weighted by atomic mass is 19.1. The number of ether oxygens (including phenoxy) is 1. The van der Waals surface area contributed by atoms with Gasteiger partial charge in [0.05, 0.1) is 7.11 Å². The van der Waals surface area contributed by atoms with Crippen LogP contribution < -0.4 is 0 Å². The van der Waals surface area contributed by atoms with Crippen molar-refractivity contribution >= 4 is 5.97 Å². The summed E-state index contributed by atoms with van der Waals surface area (Å²) in [6, 6.07) is 0. The molecule has 1 atom stereocenters. The molecule has 0 aliphatic heterocycles. The summed E-state index contributed by atoms with van der Waals surface area (Å²) in [5.41, 5.74) is -1.76. The number of methoxy groups -OCH3 is 1. The fraction of sp³-hybridized carbons (Fsp3) is 0.625. The highest BCUT2D eigenvalue weighted by Gasteiger charge is 2.39. The van der Waals surface area contributed by atoms with E-state index in [4.69, 9.17) is 0 Å². The molecule has 0 aromatic heterocycles. The number of halogens is 1. The number of hydrogen-bond acceptors (Lipinski definition) is 2. The average Bonchev–Trinajstić information content (AvgIpc) is 2.04. The highest BCUT2D eigenvalue weighted by Crippen LogP contribution is 2.28. The van der Waals surface area contributed by atoms with Crippen molar-refractivity contribution < 1.29 is 13.9 Å². The zero-order valence-corrected chi connectivity index (χ0v) is 6.47. The van der Waals surface area contributed by atoms with E-state index >= 15 is 0 Å². The number of hydrogen-bond donors (Lipinski definition) is 0. The average molecular weight is 158 g/mol. The lowest BCUT2D eigenvalue weighted by Gasteiger charge is -2.22. The van der Waals surface area contributed by atoms with Gasteiger partial charge in [0.1, 0.15) is 0 Å². The number of esters is 1. The molecule has 0 radical (unpaired) electrons. The molecule has 0 amide bonds. The van der Waals surface area contributed by atoms with E-state index in [0.717, 1.165) is 0 Å². The number of allylic oxidation sites excluding steroid dienone is 2. The summed E-state index contributed by atoms with van der Waals surface area (Å²) in [6.07, 6.45) is 4.57. The zero-order chi connectivity index (χ0) is 8.32. The van der Waals surface area contributed by atoms with Crippen LogP contribution in [-0.4, -0.2) is 18.7 Å². The molecule has 0 saturated carbocycles. The van der Waals surface area contributed by atoms with Gasteiger partial charge in [0, 0.05) is 6.42 Å². The molecular weight excluding hydrogens is 147 g/mol. The van der Waals surface area contributed by atoms with Crippen molar-refractivity contribution in [3.8, 4) is 0 Å². The van der Waals surface area contributed by atoms with Crippen molar-refractivity contribution in [2.45, 2.75) is 24.9 Å². The molecule has 0 saturated heterocycles. The van der Waals surface area contributed by atoms with Gasteiger partial charge in [0.25, 0.3) is 0 Å². The van der Waals surface area contributed by atoms with Crippen LogP contribution in [-0.2, 0) is 9.53 Å². The Morgan fingerprint density at radius 1 is 1.64 bits per heavy atom. The molecule has 11 heavy (non-hydrogen) atoms. The topological polar surface area (TPSA) is 26.3 Å². The molecule has 0 aromatic carbocycles. The van der Waals surface area contributed by atoms with Gasteiger partial charge < -0.3 is 4.74 Å². The molecule has 0 heterocycles. The Morgan fingerprint density at radius 3 is 2.82 bits per heavy atom. The monoisotopic (exact) mass is 158 g/mol. The molecule has 1 rings (SSSR count). The molecule has 3 heteroatoms. The summed E-state index contributed by atoms with van der Waals surface area (Å²) < 4.78 is 17.8. The first-order valence-electron chi connectivity index (χ1n) is 3.61. The van der Waals surface area contributed by atoms with Gasteiger partial charge in [-0.15, -0.1) is 0 Å². The van der Waals surface area contributed by atoms with Crippen LogP contribution in [0.2, 0.25) is 0 Å². The Bertz CT molecular complexity index is 189. The van der Waals surface area contributed by atoms with Crippen molar-refractivity contribution in [1.29, 1.82) is 0 Å². The van der Waals surface area contributed by atoms with Crippen LogP contribution in [0.15, 0.2) is 12.2 Å². The predicted octanol–water partition coefficient (Wildman–Crippen LogP) is 1.61. The van der Waals surface area contributed by atoms with Crippen molar-refractivity contribution in [1.82, 2.24) is 0 Å². The zero-order valence-electron chi connectivity index (χ0n) is 6.47.